The highest BCUT2D eigenvalue weighted by Crippen LogP contribution is 2.26. The number of imide groups is 1. The van der Waals surface area contributed by atoms with Crippen molar-refractivity contribution in [1.29, 1.82) is 0 Å². The number of esters is 2. The Morgan fingerprint density at radius 3 is 2.29 bits per heavy atom. The van der Waals surface area contributed by atoms with Gasteiger partial charge in [-0.15, -0.1) is 0 Å². The van der Waals surface area contributed by atoms with E-state index in [1.165, 1.54) is 25.3 Å². The molecule has 0 atom stereocenters. The molecule has 9 heteroatoms. The zero-order valence-electron chi connectivity index (χ0n) is 18.7. The molecule has 2 heterocycles. The van der Waals surface area contributed by atoms with E-state index in [2.05, 4.69) is 0 Å². The molecule has 0 aromatic heterocycles. The van der Waals surface area contributed by atoms with Crippen molar-refractivity contribution in [2.24, 2.45) is 5.92 Å². The van der Waals surface area contributed by atoms with Crippen molar-refractivity contribution in [3.05, 3.63) is 70.8 Å². The first-order valence-electron chi connectivity index (χ1n) is 11.0. The lowest BCUT2D eigenvalue weighted by Crippen LogP contribution is -2.42. The molecule has 1 fully saturated rings. The lowest BCUT2D eigenvalue weighted by atomic mass is 9.97. The van der Waals surface area contributed by atoms with Crippen molar-refractivity contribution in [2.75, 3.05) is 26.8 Å². The van der Waals surface area contributed by atoms with Crippen LogP contribution in [0.4, 0.5) is 0 Å². The summed E-state index contributed by atoms with van der Waals surface area (Å²) < 4.78 is 9.89. The van der Waals surface area contributed by atoms with Crippen LogP contribution in [-0.4, -0.2) is 66.3 Å². The molecule has 0 aliphatic carbocycles. The molecule has 0 unspecified atom stereocenters. The number of carbonyl (C=O) groups is 5. The summed E-state index contributed by atoms with van der Waals surface area (Å²) in [4.78, 5) is 64.7. The Labute approximate surface area is 196 Å². The molecule has 9 nitrogen and oxygen atoms in total. The predicted molar refractivity (Wildman–Crippen MR) is 119 cm³/mol. The minimum Gasteiger partial charge on any atom is -0.469 e. The largest absolute Gasteiger partial charge is 0.469 e. The van der Waals surface area contributed by atoms with E-state index in [1.54, 1.807) is 4.90 Å². The van der Waals surface area contributed by atoms with Gasteiger partial charge in [-0.3, -0.25) is 24.1 Å². The van der Waals surface area contributed by atoms with Crippen LogP contribution in [0.1, 0.15) is 49.5 Å². The summed E-state index contributed by atoms with van der Waals surface area (Å²) in [7, 11) is 1.34. The summed E-state index contributed by atoms with van der Waals surface area (Å²) in [6.45, 7) is 0.436. The third-order valence-corrected chi connectivity index (χ3v) is 6.10. The van der Waals surface area contributed by atoms with E-state index < -0.39 is 24.4 Å². The van der Waals surface area contributed by atoms with Crippen LogP contribution in [0.15, 0.2) is 48.5 Å². The predicted octanol–water partition coefficient (Wildman–Crippen LogP) is 2.05. The number of ether oxygens (including phenoxy) is 2. The number of fused-ring (bicyclic) bond motifs is 1. The maximum atomic E-state index is 12.8. The molecule has 0 N–H and O–H groups in total. The number of benzene rings is 2. The van der Waals surface area contributed by atoms with E-state index in [0.717, 1.165) is 10.5 Å². The van der Waals surface area contributed by atoms with Gasteiger partial charge >= 0.3 is 11.9 Å². The van der Waals surface area contributed by atoms with E-state index in [0.29, 0.717) is 25.9 Å². The summed E-state index contributed by atoms with van der Waals surface area (Å²) >= 11 is 0. The zero-order chi connectivity index (χ0) is 24.2. The molecule has 0 radical (unpaired) electrons. The molecule has 2 aliphatic heterocycles. The number of piperidine rings is 1. The van der Waals surface area contributed by atoms with Crippen LogP contribution in [0.5, 0.6) is 0 Å². The molecule has 1 saturated heterocycles. The smallest absolute Gasteiger partial charge is 0.338 e. The fraction of sp³-hybridized carbons (Fsp3) is 0.320. The molecule has 176 valence electrons. The molecule has 4 rings (SSSR count). The Hall–Kier alpha value is -4.01. The van der Waals surface area contributed by atoms with Crippen molar-refractivity contribution < 1.29 is 33.4 Å². The van der Waals surface area contributed by atoms with Crippen LogP contribution in [0, 0.1) is 5.92 Å². The van der Waals surface area contributed by atoms with E-state index in [1.807, 2.05) is 30.3 Å². The van der Waals surface area contributed by atoms with Crippen molar-refractivity contribution in [2.45, 2.75) is 19.4 Å². The van der Waals surface area contributed by atoms with Crippen LogP contribution < -0.4 is 0 Å². The topological polar surface area (TPSA) is 110 Å². The third-order valence-electron chi connectivity index (χ3n) is 6.10. The average molecular weight is 464 g/mol. The van der Waals surface area contributed by atoms with Crippen molar-refractivity contribution in [3.8, 4) is 0 Å². The monoisotopic (exact) mass is 464 g/mol. The van der Waals surface area contributed by atoms with Crippen LogP contribution in [-0.2, 0) is 25.6 Å². The highest BCUT2D eigenvalue weighted by molar-refractivity contribution is 6.21. The van der Waals surface area contributed by atoms with Gasteiger partial charge in [0.1, 0.15) is 0 Å². The molecular weight excluding hydrogens is 440 g/mol. The summed E-state index contributed by atoms with van der Waals surface area (Å²) in [5.74, 6) is -2.55. The molecule has 0 bridgehead atoms. The highest BCUT2D eigenvalue weighted by atomic mass is 16.5. The van der Waals surface area contributed by atoms with Gasteiger partial charge in [0, 0.05) is 13.1 Å². The summed E-state index contributed by atoms with van der Waals surface area (Å²) in [5.41, 5.74) is 1.25. The zero-order valence-corrected chi connectivity index (χ0v) is 18.7. The van der Waals surface area contributed by atoms with Gasteiger partial charge in [-0.05, 0) is 36.6 Å². The summed E-state index contributed by atoms with van der Waals surface area (Å²) in [6.07, 6.45) is 0.986. The first kappa shape index (κ1) is 23.2. The third kappa shape index (κ3) is 4.68. The van der Waals surface area contributed by atoms with Gasteiger partial charge in [0.05, 0.1) is 36.3 Å². The van der Waals surface area contributed by atoms with Crippen LogP contribution >= 0.6 is 0 Å². The van der Waals surface area contributed by atoms with E-state index in [4.69, 9.17) is 9.47 Å². The van der Waals surface area contributed by atoms with Gasteiger partial charge in [-0.2, -0.15) is 0 Å². The lowest BCUT2D eigenvalue weighted by molar-refractivity contribution is -0.149. The van der Waals surface area contributed by atoms with Crippen LogP contribution in [0.25, 0.3) is 0 Å². The summed E-state index contributed by atoms with van der Waals surface area (Å²) in [6, 6.07) is 13.3. The minimum absolute atomic E-state index is 0.0821. The molecule has 0 saturated carbocycles. The maximum absolute atomic E-state index is 12.8. The Kier molecular flexibility index (Phi) is 6.72. The number of likely N-dealkylation sites (tertiary alicyclic amines) is 1. The van der Waals surface area contributed by atoms with Gasteiger partial charge in [0.2, 0.25) is 0 Å². The molecule has 2 aromatic rings. The van der Waals surface area contributed by atoms with E-state index >= 15 is 0 Å². The standard InChI is InChI=1S/C25H24N2O7/c1-33-24(31)17-9-11-26(12-10-17)21(28)15-34-25(32)18-7-8-19-20(13-18)23(30)27(22(19)29)14-16-5-3-2-4-6-16/h2-8,13,17H,9-12,14-15H2,1H3. The SMILES string of the molecule is COC(=O)C1CCN(C(=O)COC(=O)c2ccc3c(c2)C(=O)N(Cc2ccccc2)C3=O)CC1. The van der Waals surface area contributed by atoms with Crippen molar-refractivity contribution in [3.63, 3.8) is 0 Å². The van der Waals surface area contributed by atoms with Gasteiger partial charge in [-0.25, -0.2) is 4.79 Å². The second-order valence-corrected chi connectivity index (χ2v) is 8.20. The van der Waals surface area contributed by atoms with Crippen molar-refractivity contribution in [1.82, 2.24) is 9.80 Å². The quantitative estimate of drug-likeness (QED) is 0.475. The van der Waals surface area contributed by atoms with Gasteiger partial charge in [0.25, 0.3) is 17.7 Å². The Morgan fingerprint density at radius 1 is 0.941 bits per heavy atom. The molecule has 2 aliphatic rings. The highest BCUT2D eigenvalue weighted by Gasteiger charge is 2.36. The van der Waals surface area contributed by atoms with Crippen LogP contribution in [0.2, 0.25) is 0 Å². The van der Waals surface area contributed by atoms with Gasteiger partial charge in [-0.1, -0.05) is 30.3 Å². The van der Waals surface area contributed by atoms with Crippen LogP contribution in [0.3, 0.4) is 0 Å². The fourth-order valence-corrected chi connectivity index (χ4v) is 4.16. The molecular formula is C25H24N2O7. The minimum atomic E-state index is -0.762. The number of rotatable bonds is 6. The molecule has 3 amide bonds. The molecule has 2 aromatic carbocycles. The number of hydrogen-bond donors (Lipinski definition) is 0. The maximum Gasteiger partial charge on any atom is 0.338 e. The number of amides is 3. The lowest BCUT2D eigenvalue weighted by Gasteiger charge is -2.30. The van der Waals surface area contributed by atoms with E-state index in [9.17, 15) is 24.0 Å². The summed E-state index contributed by atoms with van der Waals surface area (Å²) in [5, 5.41) is 0. The Balaban J connectivity index is 1.35. The van der Waals surface area contributed by atoms with E-state index in [-0.39, 0.29) is 41.0 Å². The molecule has 0 spiro atoms. The fourth-order valence-electron chi connectivity index (χ4n) is 4.16. The first-order valence-corrected chi connectivity index (χ1v) is 11.0. The Bertz CT molecular complexity index is 1140. The van der Waals surface area contributed by atoms with Gasteiger partial charge < -0.3 is 14.4 Å². The second kappa shape index (κ2) is 9.86. The number of methoxy groups -OCH3 is 1. The average Bonchev–Trinajstić information content (AvgIpc) is 3.11. The first-order chi connectivity index (χ1) is 16.4. The van der Waals surface area contributed by atoms with Crippen molar-refractivity contribution >= 4 is 29.7 Å². The number of nitrogens with zero attached hydrogens (tertiary/aromatic N) is 2. The normalized spacial score (nSPS) is 15.8. The number of carbonyl (C=O) groups excluding carboxylic acids is 5. The second-order valence-electron chi connectivity index (χ2n) is 8.20. The molecule has 34 heavy (non-hydrogen) atoms. The Morgan fingerprint density at radius 2 is 1.62 bits per heavy atom. The van der Waals surface area contributed by atoms with Gasteiger partial charge in [0.15, 0.2) is 6.61 Å². The number of hydrogen-bond acceptors (Lipinski definition) is 7.